The third kappa shape index (κ3) is 6.09. The van der Waals surface area contributed by atoms with E-state index in [2.05, 4.69) is 99.3 Å². The number of hydrogen-bond acceptors (Lipinski definition) is 1. The van der Waals surface area contributed by atoms with Crippen LogP contribution >= 0.6 is 38.5 Å². The van der Waals surface area contributed by atoms with Gasteiger partial charge in [0.05, 0.1) is 0 Å². The molecular formula is C18H21BrIN. The normalized spacial score (nSPS) is 12.3. The molecule has 0 bridgehead atoms. The van der Waals surface area contributed by atoms with Crippen molar-refractivity contribution in [2.24, 2.45) is 5.92 Å². The van der Waals surface area contributed by atoms with Crippen molar-refractivity contribution in [2.45, 2.75) is 19.8 Å². The van der Waals surface area contributed by atoms with Crippen LogP contribution in [0, 0.1) is 9.49 Å². The van der Waals surface area contributed by atoms with Gasteiger partial charge in [0.2, 0.25) is 0 Å². The zero-order valence-electron chi connectivity index (χ0n) is 12.3. The summed E-state index contributed by atoms with van der Waals surface area (Å²) in [6, 6.07) is 17.6. The Labute approximate surface area is 149 Å². The molecule has 2 rings (SSSR count). The molecule has 1 atom stereocenters. The summed E-state index contributed by atoms with van der Waals surface area (Å²) in [5, 5.41) is 3.50. The Kier molecular flexibility index (Phi) is 7.20. The summed E-state index contributed by atoms with van der Waals surface area (Å²) in [4.78, 5) is 0. The number of benzene rings is 2. The van der Waals surface area contributed by atoms with Gasteiger partial charge in [0, 0.05) is 8.04 Å². The highest BCUT2D eigenvalue weighted by Gasteiger charge is 2.10. The highest BCUT2D eigenvalue weighted by atomic mass is 127. The molecule has 1 unspecified atom stereocenters. The van der Waals surface area contributed by atoms with Crippen molar-refractivity contribution in [3.8, 4) is 0 Å². The summed E-state index contributed by atoms with van der Waals surface area (Å²) in [5.41, 5.74) is 2.84. The molecule has 1 N–H and O–H groups in total. The first kappa shape index (κ1) is 17.0. The molecule has 112 valence electrons. The summed E-state index contributed by atoms with van der Waals surface area (Å²) in [6.07, 6.45) is 2.24. The van der Waals surface area contributed by atoms with Gasteiger partial charge in [-0.25, -0.2) is 0 Å². The number of rotatable bonds is 7. The smallest absolute Gasteiger partial charge is 0.0175 e. The van der Waals surface area contributed by atoms with Crippen molar-refractivity contribution in [1.82, 2.24) is 5.32 Å². The van der Waals surface area contributed by atoms with Crippen molar-refractivity contribution in [3.05, 3.63) is 67.7 Å². The molecular weight excluding hydrogens is 437 g/mol. The Morgan fingerprint density at radius 2 is 1.48 bits per heavy atom. The molecule has 1 nitrogen and oxygen atoms in total. The minimum atomic E-state index is 0.631. The topological polar surface area (TPSA) is 12.0 Å². The zero-order valence-corrected chi connectivity index (χ0v) is 16.0. The second-order valence-corrected chi connectivity index (χ2v) is 7.50. The predicted octanol–water partition coefficient (Wildman–Crippen LogP) is 5.06. The lowest BCUT2D eigenvalue weighted by Gasteiger charge is -2.18. The first-order chi connectivity index (χ1) is 10.2. The van der Waals surface area contributed by atoms with Crippen LogP contribution in [-0.4, -0.2) is 13.1 Å². The van der Waals surface area contributed by atoms with E-state index < -0.39 is 0 Å². The van der Waals surface area contributed by atoms with Crippen LogP contribution in [0.5, 0.6) is 0 Å². The fourth-order valence-electron chi connectivity index (χ4n) is 2.47. The van der Waals surface area contributed by atoms with E-state index >= 15 is 0 Å². The highest BCUT2D eigenvalue weighted by molar-refractivity contribution is 14.1. The average Bonchev–Trinajstić information content (AvgIpc) is 2.49. The maximum absolute atomic E-state index is 3.50. The molecule has 0 heterocycles. The molecule has 0 aliphatic rings. The van der Waals surface area contributed by atoms with Gasteiger partial charge in [-0.05, 0) is 89.8 Å². The molecule has 21 heavy (non-hydrogen) atoms. The molecule has 0 aliphatic heterocycles. The summed E-state index contributed by atoms with van der Waals surface area (Å²) in [7, 11) is 0. The predicted molar refractivity (Wildman–Crippen MR) is 103 cm³/mol. The van der Waals surface area contributed by atoms with E-state index in [1.165, 1.54) is 14.7 Å². The van der Waals surface area contributed by atoms with Gasteiger partial charge < -0.3 is 5.32 Å². The van der Waals surface area contributed by atoms with E-state index in [4.69, 9.17) is 0 Å². The fourth-order valence-corrected chi connectivity index (χ4v) is 3.10. The molecule has 0 aliphatic carbocycles. The maximum atomic E-state index is 3.50. The summed E-state index contributed by atoms with van der Waals surface area (Å²) in [6.45, 7) is 4.27. The van der Waals surface area contributed by atoms with E-state index in [0.717, 1.165) is 30.4 Å². The zero-order chi connectivity index (χ0) is 15.1. The quantitative estimate of drug-likeness (QED) is 0.572. The van der Waals surface area contributed by atoms with Crippen molar-refractivity contribution >= 4 is 38.5 Å². The lowest BCUT2D eigenvalue weighted by molar-refractivity contribution is 0.478. The molecule has 3 heteroatoms. The summed E-state index contributed by atoms with van der Waals surface area (Å²) in [5.74, 6) is 0.631. The average molecular weight is 458 g/mol. The molecule has 0 spiro atoms. The number of halogens is 2. The standard InChI is InChI=1S/C18H21BrIN/c1-2-21-13-16(11-14-3-7-17(19)8-4-14)12-15-5-9-18(20)10-6-15/h3-10,16,21H,2,11-13H2,1H3. The Morgan fingerprint density at radius 1 is 0.952 bits per heavy atom. The maximum Gasteiger partial charge on any atom is 0.0175 e. The van der Waals surface area contributed by atoms with Gasteiger partial charge in [0.15, 0.2) is 0 Å². The van der Waals surface area contributed by atoms with Gasteiger partial charge in [-0.1, -0.05) is 47.1 Å². The SMILES string of the molecule is CCNCC(Cc1ccc(Br)cc1)Cc1ccc(I)cc1. The van der Waals surface area contributed by atoms with Gasteiger partial charge >= 0.3 is 0 Å². The minimum Gasteiger partial charge on any atom is -0.317 e. The van der Waals surface area contributed by atoms with Crippen LogP contribution in [0.4, 0.5) is 0 Å². The van der Waals surface area contributed by atoms with Crippen LogP contribution < -0.4 is 5.32 Å². The van der Waals surface area contributed by atoms with Gasteiger partial charge in [-0.15, -0.1) is 0 Å². The van der Waals surface area contributed by atoms with Crippen LogP contribution in [0.1, 0.15) is 18.1 Å². The van der Waals surface area contributed by atoms with Gasteiger partial charge in [0.1, 0.15) is 0 Å². The van der Waals surface area contributed by atoms with E-state index in [0.29, 0.717) is 5.92 Å². The Hall–Kier alpha value is -0.390. The van der Waals surface area contributed by atoms with Crippen LogP contribution in [0.2, 0.25) is 0 Å². The van der Waals surface area contributed by atoms with E-state index in [1.54, 1.807) is 0 Å². The monoisotopic (exact) mass is 457 g/mol. The minimum absolute atomic E-state index is 0.631. The Balaban J connectivity index is 2.02. The molecule has 0 radical (unpaired) electrons. The second kappa shape index (κ2) is 8.91. The van der Waals surface area contributed by atoms with Crippen LogP contribution in [0.25, 0.3) is 0 Å². The van der Waals surface area contributed by atoms with Crippen LogP contribution in [0.15, 0.2) is 53.0 Å². The van der Waals surface area contributed by atoms with Crippen LogP contribution in [0.3, 0.4) is 0 Å². The lowest BCUT2D eigenvalue weighted by atomic mass is 9.92. The van der Waals surface area contributed by atoms with Crippen molar-refractivity contribution in [3.63, 3.8) is 0 Å². The number of nitrogens with one attached hydrogen (secondary N) is 1. The van der Waals surface area contributed by atoms with Crippen LogP contribution in [-0.2, 0) is 12.8 Å². The third-order valence-electron chi connectivity index (χ3n) is 3.56. The molecule has 0 saturated heterocycles. The molecule has 0 fully saturated rings. The van der Waals surface area contributed by atoms with E-state index in [1.807, 2.05) is 0 Å². The molecule has 2 aromatic rings. The van der Waals surface area contributed by atoms with Gasteiger partial charge in [-0.2, -0.15) is 0 Å². The highest BCUT2D eigenvalue weighted by Crippen LogP contribution is 2.18. The van der Waals surface area contributed by atoms with Crippen molar-refractivity contribution in [1.29, 1.82) is 0 Å². The molecule has 0 saturated carbocycles. The van der Waals surface area contributed by atoms with E-state index in [-0.39, 0.29) is 0 Å². The largest absolute Gasteiger partial charge is 0.317 e. The first-order valence-corrected chi connectivity index (χ1v) is 9.24. The fraction of sp³-hybridized carbons (Fsp3) is 0.333. The second-order valence-electron chi connectivity index (χ2n) is 5.33. The Morgan fingerprint density at radius 3 is 2.00 bits per heavy atom. The van der Waals surface area contributed by atoms with Crippen molar-refractivity contribution < 1.29 is 0 Å². The molecule has 0 amide bonds. The van der Waals surface area contributed by atoms with E-state index in [9.17, 15) is 0 Å². The summed E-state index contributed by atoms with van der Waals surface area (Å²) >= 11 is 5.86. The molecule has 2 aromatic carbocycles. The first-order valence-electron chi connectivity index (χ1n) is 7.37. The molecule has 0 aromatic heterocycles. The van der Waals surface area contributed by atoms with Gasteiger partial charge in [0.25, 0.3) is 0 Å². The lowest BCUT2D eigenvalue weighted by Crippen LogP contribution is -2.25. The summed E-state index contributed by atoms with van der Waals surface area (Å²) < 4.78 is 2.44. The van der Waals surface area contributed by atoms with Crippen molar-refractivity contribution in [2.75, 3.05) is 13.1 Å². The number of hydrogen-bond donors (Lipinski definition) is 1. The Bertz CT molecular complexity index is 489. The third-order valence-corrected chi connectivity index (χ3v) is 4.81. The van der Waals surface area contributed by atoms with Gasteiger partial charge in [-0.3, -0.25) is 0 Å².